The number of sulfonamides is 1. The Balaban J connectivity index is 3.63. The largest absolute Gasteiger partial charge is 0.215 e. The van der Waals surface area contributed by atoms with Crippen LogP contribution in [-0.2, 0) is 10.0 Å². The molecule has 0 saturated carbocycles. The van der Waals surface area contributed by atoms with Gasteiger partial charge in [0.05, 0.1) is 5.75 Å². The van der Waals surface area contributed by atoms with Crippen LogP contribution >= 0.6 is 0 Å². The molecule has 0 aliphatic carbocycles. The minimum Gasteiger partial charge on any atom is -0.215 e. The van der Waals surface area contributed by atoms with Crippen LogP contribution in [0.4, 0.5) is 0 Å². The van der Waals surface area contributed by atoms with Gasteiger partial charge in [-0.25, -0.2) is 13.1 Å². The van der Waals surface area contributed by atoms with E-state index in [1.807, 2.05) is 6.92 Å². The van der Waals surface area contributed by atoms with Gasteiger partial charge in [0, 0.05) is 6.54 Å². The van der Waals surface area contributed by atoms with Gasteiger partial charge in [0.2, 0.25) is 10.0 Å². The highest BCUT2D eigenvalue weighted by atomic mass is 32.2. The summed E-state index contributed by atoms with van der Waals surface area (Å²) in [5.74, 6) is 0.240. The number of nitrogens with one attached hydrogen (secondary N) is 1. The predicted octanol–water partition coefficient (Wildman–Crippen LogP) is 0.930. The van der Waals surface area contributed by atoms with Gasteiger partial charge in [-0.2, -0.15) is 0 Å². The van der Waals surface area contributed by atoms with Gasteiger partial charge < -0.3 is 0 Å². The molecule has 0 aromatic heterocycles. The molecule has 67 valence electrons. The van der Waals surface area contributed by atoms with Crippen LogP contribution in [0.5, 0.6) is 0 Å². The normalized spacial score (nSPS) is 11.8. The first-order valence-corrected chi connectivity index (χ1v) is 5.54. The molecule has 0 bridgehead atoms. The average molecular weight is 178 g/mol. The van der Waals surface area contributed by atoms with Crippen molar-refractivity contribution in [2.75, 3.05) is 12.3 Å². The molecule has 1 radical (unpaired) electrons. The molecule has 0 spiro atoms. The SMILES string of the molecule is [CH2]CCNS(=O)(=O)CCCC. The van der Waals surface area contributed by atoms with Crippen LogP contribution in [0.1, 0.15) is 26.2 Å². The van der Waals surface area contributed by atoms with Crippen molar-refractivity contribution in [3.05, 3.63) is 6.92 Å². The maximum atomic E-state index is 11.0. The lowest BCUT2D eigenvalue weighted by Gasteiger charge is -2.02. The van der Waals surface area contributed by atoms with Crippen molar-refractivity contribution in [2.24, 2.45) is 0 Å². The van der Waals surface area contributed by atoms with Crippen LogP contribution in [-0.4, -0.2) is 20.7 Å². The summed E-state index contributed by atoms with van der Waals surface area (Å²) in [5, 5.41) is 0. The zero-order valence-corrected chi connectivity index (χ0v) is 7.78. The first kappa shape index (κ1) is 10.9. The third kappa shape index (κ3) is 6.31. The van der Waals surface area contributed by atoms with E-state index in [-0.39, 0.29) is 5.75 Å². The maximum absolute atomic E-state index is 11.0. The molecule has 0 heterocycles. The molecule has 0 amide bonds. The molecule has 0 atom stereocenters. The van der Waals surface area contributed by atoms with Crippen molar-refractivity contribution in [2.45, 2.75) is 26.2 Å². The summed E-state index contributed by atoms with van der Waals surface area (Å²) in [5.41, 5.74) is 0. The molecule has 3 nitrogen and oxygen atoms in total. The van der Waals surface area contributed by atoms with Gasteiger partial charge in [0.15, 0.2) is 0 Å². The molecule has 0 aromatic rings. The first-order valence-electron chi connectivity index (χ1n) is 3.89. The number of rotatable bonds is 6. The van der Waals surface area contributed by atoms with E-state index in [1.54, 1.807) is 0 Å². The van der Waals surface area contributed by atoms with Gasteiger partial charge in [-0.05, 0) is 12.8 Å². The predicted molar refractivity (Wildman–Crippen MR) is 46.7 cm³/mol. The molecule has 4 heteroatoms. The van der Waals surface area contributed by atoms with E-state index < -0.39 is 10.0 Å². The molecule has 0 aromatic carbocycles. The molecular weight excluding hydrogens is 162 g/mol. The fourth-order valence-corrected chi connectivity index (χ4v) is 1.90. The minimum atomic E-state index is -3.00. The van der Waals surface area contributed by atoms with Gasteiger partial charge in [-0.15, -0.1) is 0 Å². The Morgan fingerprint density at radius 3 is 2.55 bits per heavy atom. The average Bonchev–Trinajstić information content (AvgIpc) is 1.97. The Kier molecular flexibility index (Phi) is 5.50. The highest BCUT2D eigenvalue weighted by Crippen LogP contribution is 1.92. The standard InChI is InChI=1S/C7H16NO2S/c1-3-5-7-11(9,10)8-6-4-2/h8H,2-7H2,1H3. The zero-order valence-electron chi connectivity index (χ0n) is 6.97. The topological polar surface area (TPSA) is 46.2 Å². The van der Waals surface area contributed by atoms with Crippen molar-refractivity contribution < 1.29 is 8.42 Å². The fourth-order valence-electron chi connectivity index (χ4n) is 0.634. The summed E-state index contributed by atoms with van der Waals surface area (Å²) in [6.45, 7) is 5.96. The van der Waals surface area contributed by atoms with E-state index in [0.717, 1.165) is 12.8 Å². The second-order valence-corrected chi connectivity index (χ2v) is 4.35. The second-order valence-electron chi connectivity index (χ2n) is 2.42. The zero-order chi connectivity index (χ0) is 8.74. The third-order valence-corrected chi connectivity index (χ3v) is 2.74. The van der Waals surface area contributed by atoms with Crippen molar-refractivity contribution in [3.63, 3.8) is 0 Å². The summed E-state index contributed by atoms with van der Waals surface area (Å²) in [6.07, 6.45) is 2.24. The highest BCUT2D eigenvalue weighted by molar-refractivity contribution is 7.89. The molecule has 0 saturated heterocycles. The summed E-state index contributed by atoms with van der Waals surface area (Å²) in [4.78, 5) is 0. The summed E-state index contributed by atoms with van der Waals surface area (Å²) >= 11 is 0. The maximum Gasteiger partial charge on any atom is 0.211 e. The van der Waals surface area contributed by atoms with Gasteiger partial charge in [-0.1, -0.05) is 20.3 Å². The van der Waals surface area contributed by atoms with E-state index in [9.17, 15) is 8.42 Å². The number of hydrogen-bond donors (Lipinski definition) is 1. The Morgan fingerprint density at radius 1 is 1.45 bits per heavy atom. The lowest BCUT2D eigenvalue weighted by atomic mass is 10.4. The van der Waals surface area contributed by atoms with Gasteiger partial charge in [0.1, 0.15) is 0 Å². The van der Waals surface area contributed by atoms with Crippen LogP contribution < -0.4 is 4.72 Å². The molecule has 0 aliphatic heterocycles. The van der Waals surface area contributed by atoms with E-state index in [1.165, 1.54) is 0 Å². The van der Waals surface area contributed by atoms with Crippen molar-refractivity contribution in [3.8, 4) is 0 Å². The first-order chi connectivity index (χ1) is 5.12. The van der Waals surface area contributed by atoms with E-state index in [2.05, 4.69) is 11.6 Å². The van der Waals surface area contributed by atoms with Crippen LogP contribution in [0.3, 0.4) is 0 Å². The molecule has 11 heavy (non-hydrogen) atoms. The van der Waals surface area contributed by atoms with Gasteiger partial charge in [0.25, 0.3) is 0 Å². The second kappa shape index (κ2) is 5.55. The van der Waals surface area contributed by atoms with Gasteiger partial charge in [-0.3, -0.25) is 0 Å². The summed E-state index contributed by atoms with van der Waals surface area (Å²) in [6, 6.07) is 0. The Morgan fingerprint density at radius 2 is 2.09 bits per heavy atom. The fraction of sp³-hybridized carbons (Fsp3) is 0.857. The quantitative estimate of drug-likeness (QED) is 0.657. The number of hydrogen-bond acceptors (Lipinski definition) is 2. The molecule has 0 rings (SSSR count). The van der Waals surface area contributed by atoms with Crippen molar-refractivity contribution in [1.82, 2.24) is 4.72 Å². The van der Waals surface area contributed by atoms with Crippen LogP contribution in [0, 0.1) is 6.92 Å². The monoisotopic (exact) mass is 178 g/mol. The van der Waals surface area contributed by atoms with Crippen molar-refractivity contribution >= 4 is 10.0 Å². The van der Waals surface area contributed by atoms with Gasteiger partial charge >= 0.3 is 0 Å². The lowest BCUT2D eigenvalue weighted by Crippen LogP contribution is -2.26. The summed E-state index contributed by atoms with van der Waals surface area (Å²) < 4.78 is 24.5. The molecular formula is C7H16NO2S. The van der Waals surface area contributed by atoms with E-state index >= 15 is 0 Å². The molecule has 1 N–H and O–H groups in total. The lowest BCUT2D eigenvalue weighted by molar-refractivity contribution is 0.578. The van der Waals surface area contributed by atoms with Crippen molar-refractivity contribution in [1.29, 1.82) is 0 Å². The minimum absolute atomic E-state index is 0.240. The van der Waals surface area contributed by atoms with E-state index in [4.69, 9.17) is 0 Å². The Bertz CT molecular complexity index is 161. The van der Waals surface area contributed by atoms with Crippen LogP contribution in [0.2, 0.25) is 0 Å². The molecule has 0 fully saturated rings. The Labute approximate surface area is 69.2 Å². The third-order valence-electron chi connectivity index (χ3n) is 1.27. The highest BCUT2D eigenvalue weighted by Gasteiger charge is 2.06. The van der Waals surface area contributed by atoms with Crippen LogP contribution in [0.25, 0.3) is 0 Å². The number of unbranched alkanes of at least 4 members (excludes halogenated alkanes) is 1. The van der Waals surface area contributed by atoms with Crippen LogP contribution in [0.15, 0.2) is 0 Å². The van der Waals surface area contributed by atoms with E-state index in [0.29, 0.717) is 13.0 Å². The molecule has 0 aliphatic rings. The smallest absolute Gasteiger partial charge is 0.211 e. The summed E-state index contributed by atoms with van der Waals surface area (Å²) in [7, 11) is -3.00. The molecule has 0 unspecified atom stereocenters. The Hall–Kier alpha value is -0.0900.